The topological polar surface area (TPSA) is 75.6 Å². The molecule has 5 nitrogen and oxygen atoms in total. The molecule has 0 unspecified atom stereocenters. The van der Waals surface area contributed by atoms with E-state index in [0.29, 0.717) is 37.9 Å². The Bertz CT molecular complexity index is 1350. The first-order chi connectivity index (χ1) is 16.3. The van der Waals surface area contributed by atoms with Crippen LogP contribution < -0.4 is 10.1 Å². The van der Waals surface area contributed by atoms with Gasteiger partial charge in [0.15, 0.2) is 0 Å². The van der Waals surface area contributed by atoms with Crippen LogP contribution in [0.1, 0.15) is 26.3 Å². The molecule has 0 spiro atoms. The van der Waals surface area contributed by atoms with Crippen molar-refractivity contribution in [1.29, 1.82) is 0 Å². The van der Waals surface area contributed by atoms with Gasteiger partial charge in [-0.25, -0.2) is 4.79 Å². The summed E-state index contributed by atoms with van der Waals surface area (Å²) in [5.74, 6) is -0.907. The second-order valence-electron chi connectivity index (χ2n) is 7.18. The van der Waals surface area contributed by atoms with E-state index < -0.39 is 11.9 Å². The number of rotatable bonds is 7. The average molecular weight is 533 g/mol. The van der Waals surface area contributed by atoms with E-state index in [-0.39, 0.29) is 10.6 Å². The number of nitrogens with one attached hydrogen (secondary N) is 1. The first-order valence-electron chi connectivity index (χ1n) is 9.91. The van der Waals surface area contributed by atoms with E-state index in [1.54, 1.807) is 48.5 Å². The number of hydrogen-bond donors (Lipinski definition) is 2. The zero-order chi connectivity index (χ0) is 24.2. The van der Waals surface area contributed by atoms with Gasteiger partial charge in [-0.1, -0.05) is 40.9 Å². The van der Waals surface area contributed by atoms with Gasteiger partial charge in [0, 0.05) is 15.5 Å². The molecule has 0 aliphatic rings. The van der Waals surface area contributed by atoms with E-state index in [0.717, 1.165) is 11.1 Å². The molecule has 0 saturated heterocycles. The van der Waals surface area contributed by atoms with E-state index in [4.69, 9.17) is 39.5 Å². The number of carboxylic acid groups (broad SMARTS) is 1. The number of amides is 1. The number of aromatic carboxylic acids is 1. The minimum absolute atomic E-state index is 0.0160. The lowest BCUT2D eigenvalue weighted by molar-refractivity contribution is 0.0698. The number of carbonyl (C=O) groups is 2. The van der Waals surface area contributed by atoms with Crippen molar-refractivity contribution in [3.05, 3.63) is 105 Å². The standard InChI is InChI=1S/C25H16Cl3NO4S/c26-17-6-2-16(3-7-17)23(30)29-24-19(25(31)32)12-22(34-24)15-4-8-18(9-5-15)33-13-14-1-10-20(27)21(28)11-14/h1-12H,13H2,(H,29,30)(H,31,32). The lowest BCUT2D eigenvalue weighted by Crippen LogP contribution is -2.12. The Balaban J connectivity index is 1.49. The van der Waals surface area contributed by atoms with Crippen molar-refractivity contribution in [3.8, 4) is 16.2 Å². The quantitative estimate of drug-likeness (QED) is 0.254. The van der Waals surface area contributed by atoms with Crippen LogP contribution >= 0.6 is 46.1 Å². The zero-order valence-electron chi connectivity index (χ0n) is 17.3. The van der Waals surface area contributed by atoms with Crippen LogP contribution in [0.15, 0.2) is 72.8 Å². The molecular formula is C25H16Cl3NO4S. The SMILES string of the molecule is O=C(Nc1sc(-c2ccc(OCc3ccc(Cl)c(Cl)c3)cc2)cc1C(=O)O)c1ccc(Cl)cc1. The van der Waals surface area contributed by atoms with E-state index in [9.17, 15) is 14.7 Å². The molecule has 0 atom stereocenters. The fourth-order valence-electron chi connectivity index (χ4n) is 3.07. The van der Waals surface area contributed by atoms with Crippen molar-refractivity contribution in [2.45, 2.75) is 6.61 Å². The fourth-order valence-corrected chi connectivity index (χ4v) is 4.57. The summed E-state index contributed by atoms with van der Waals surface area (Å²) in [4.78, 5) is 25.0. The Kier molecular flexibility index (Phi) is 7.44. The molecular weight excluding hydrogens is 517 g/mol. The van der Waals surface area contributed by atoms with Crippen molar-refractivity contribution in [1.82, 2.24) is 0 Å². The predicted molar refractivity (Wildman–Crippen MR) is 137 cm³/mol. The zero-order valence-corrected chi connectivity index (χ0v) is 20.4. The third-order valence-corrected chi connectivity index (χ3v) is 6.91. The number of thiophene rings is 1. The highest BCUT2D eigenvalue weighted by atomic mass is 35.5. The highest BCUT2D eigenvalue weighted by Crippen LogP contribution is 2.36. The molecule has 172 valence electrons. The Morgan fingerprint density at radius 2 is 1.59 bits per heavy atom. The number of benzene rings is 3. The minimum Gasteiger partial charge on any atom is -0.489 e. The number of anilines is 1. The van der Waals surface area contributed by atoms with Gasteiger partial charge in [-0.3, -0.25) is 4.79 Å². The van der Waals surface area contributed by atoms with E-state index >= 15 is 0 Å². The molecule has 0 aliphatic carbocycles. The van der Waals surface area contributed by atoms with Gasteiger partial charge in [0.25, 0.3) is 5.91 Å². The third-order valence-electron chi connectivity index (χ3n) is 4.82. The minimum atomic E-state index is -1.13. The van der Waals surface area contributed by atoms with E-state index in [1.807, 2.05) is 18.2 Å². The largest absolute Gasteiger partial charge is 0.489 e. The molecule has 9 heteroatoms. The summed E-state index contributed by atoms with van der Waals surface area (Å²) in [6, 6.07) is 20.4. The van der Waals surface area contributed by atoms with Crippen molar-refractivity contribution < 1.29 is 19.4 Å². The molecule has 0 fully saturated rings. The maximum atomic E-state index is 12.5. The fraction of sp³-hybridized carbons (Fsp3) is 0.0400. The summed E-state index contributed by atoms with van der Waals surface area (Å²) < 4.78 is 5.80. The second-order valence-corrected chi connectivity index (χ2v) is 9.48. The highest BCUT2D eigenvalue weighted by molar-refractivity contribution is 7.20. The van der Waals surface area contributed by atoms with Gasteiger partial charge in [-0.05, 0) is 77.9 Å². The van der Waals surface area contributed by atoms with Crippen LogP contribution in [0.4, 0.5) is 5.00 Å². The van der Waals surface area contributed by atoms with Gasteiger partial charge < -0.3 is 15.2 Å². The lowest BCUT2D eigenvalue weighted by atomic mass is 10.1. The van der Waals surface area contributed by atoms with Crippen LogP contribution in [-0.2, 0) is 6.61 Å². The van der Waals surface area contributed by atoms with E-state index in [1.165, 1.54) is 17.4 Å². The van der Waals surface area contributed by atoms with Crippen molar-refractivity contribution >= 4 is 63.0 Å². The Morgan fingerprint density at radius 1 is 0.882 bits per heavy atom. The van der Waals surface area contributed by atoms with Crippen molar-refractivity contribution in [2.75, 3.05) is 5.32 Å². The van der Waals surface area contributed by atoms with Crippen LogP contribution in [0.2, 0.25) is 15.1 Å². The summed E-state index contributed by atoms with van der Waals surface area (Å²) in [6.07, 6.45) is 0. The number of carbonyl (C=O) groups excluding carboxylic acids is 1. The van der Waals surface area contributed by atoms with Gasteiger partial charge in [0.05, 0.1) is 15.6 Å². The first kappa shape index (κ1) is 24.1. The van der Waals surface area contributed by atoms with E-state index in [2.05, 4.69) is 5.32 Å². The summed E-state index contributed by atoms with van der Waals surface area (Å²) in [7, 11) is 0. The molecule has 1 heterocycles. The lowest BCUT2D eigenvalue weighted by Gasteiger charge is -2.08. The number of hydrogen-bond acceptors (Lipinski definition) is 4. The summed E-state index contributed by atoms with van der Waals surface area (Å²) >= 11 is 19.0. The predicted octanol–water partition coefficient (Wildman–Crippen LogP) is 7.90. The van der Waals surface area contributed by atoms with Gasteiger partial charge in [0.1, 0.15) is 17.4 Å². The Morgan fingerprint density at radius 3 is 2.24 bits per heavy atom. The first-order valence-corrected chi connectivity index (χ1v) is 11.9. The molecule has 0 saturated carbocycles. The molecule has 4 aromatic rings. The molecule has 2 N–H and O–H groups in total. The smallest absolute Gasteiger partial charge is 0.338 e. The van der Waals surface area contributed by atoms with Crippen LogP contribution in [-0.4, -0.2) is 17.0 Å². The molecule has 4 rings (SSSR count). The molecule has 0 radical (unpaired) electrons. The normalized spacial score (nSPS) is 10.7. The van der Waals surface area contributed by atoms with Crippen LogP contribution in [0, 0.1) is 0 Å². The number of halogens is 3. The molecule has 34 heavy (non-hydrogen) atoms. The van der Waals surface area contributed by atoms with Gasteiger partial charge in [-0.15, -0.1) is 11.3 Å². The van der Waals surface area contributed by atoms with Crippen LogP contribution in [0.3, 0.4) is 0 Å². The Labute approximate surface area is 214 Å². The second kappa shape index (κ2) is 10.5. The van der Waals surface area contributed by atoms with Gasteiger partial charge >= 0.3 is 5.97 Å². The third kappa shape index (κ3) is 5.72. The van der Waals surface area contributed by atoms with Crippen LogP contribution in [0.25, 0.3) is 10.4 Å². The average Bonchev–Trinajstić information content (AvgIpc) is 3.24. The molecule has 0 aliphatic heterocycles. The van der Waals surface area contributed by atoms with Crippen molar-refractivity contribution in [3.63, 3.8) is 0 Å². The van der Waals surface area contributed by atoms with Gasteiger partial charge in [0.2, 0.25) is 0 Å². The summed E-state index contributed by atoms with van der Waals surface area (Å²) in [5.41, 5.74) is 2.06. The number of carboxylic acids is 1. The maximum absolute atomic E-state index is 12.5. The monoisotopic (exact) mass is 531 g/mol. The molecule has 3 aromatic carbocycles. The summed E-state index contributed by atoms with van der Waals surface area (Å²) in [5, 5.41) is 14.0. The molecule has 1 amide bonds. The van der Waals surface area contributed by atoms with Gasteiger partial charge in [-0.2, -0.15) is 0 Å². The maximum Gasteiger partial charge on any atom is 0.338 e. The Hall–Kier alpha value is -3.03. The van der Waals surface area contributed by atoms with Crippen molar-refractivity contribution in [2.24, 2.45) is 0 Å². The summed E-state index contributed by atoms with van der Waals surface area (Å²) in [6.45, 7) is 0.319. The number of ether oxygens (including phenoxy) is 1. The van der Waals surface area contributed by atoms with Crippen LogP contribution in [0.5, 0.6) is 5.75 Å². The molecule has 0 bridgehead atoms. The highest BCUT2D eigenvalue weighted by Gasteiger charge is 2.19. The molecule has 1 aromatic heterocycles.